The number of benzene rings is 1. The van der Waals surface area contributed by atoms with Crippen LogP contribution in [0.1, 0.15) is 34.1 Å². The molecule has 0 saturated carbocycles. The largest absolute Gasteiger partial charge is 0.480 e. The fourth-order valence-electron chi connectivity index (χ4n) is 3.99. The lowest BCUT2D eigenvalue weighted by Gasteiger charge is -2.27. The van der Waals surface area contributed by atoms with Crippen LogP contribution in [0.2, 0.25) is 5.02 Å². The number of halogens is 3. The van der Waals surface area contributed by atoms with Crippen LogP contribution in [0.4, 0.5) is 14.5 Å². The van der Waals surface area contributed by atoms with Crippen molar-refractivity contribution in [1.82, 2.24) is 19.9 Å². The molecule has 0 radical (unpaired) electrons. The number of rotatable bonds is 6. The van der Waals surface area contributed by atoms with Crippen molar-refractivity contribution < 1.29 is 26.7 Å². The van der Waals surface area contributed by atoms with Gasteiger partial charge in [0.2, 0.25) is 5.88 Å². The average molecular weight is 512 g/mol. The molecule has 13 heteroatoms. The van der Waals surface area contributed by atoms with Crippen LogP contribution in [-0.4, -0.2) is 43.0 Å². The second-order valence-electron chi connectivity index (χ2n) is 7.60. The first-order valence-corrected chi connectivity index (χ1v) is 12.0. The van der Waals surface area contributed by atoms with Gasteiger partial charge in [0.15, 0.2) is 4.90 Å². The van der Waals surface area contributed by atoms with Gasteiger partial charge in [0.05, 0.1) is 36.0 Å². The Morgan fingerprint density at radius 1 is 1.29 bits per heavy atom. The normalized spacial score (nSPS) is 15.5. The highest BCUT2D eigenvalue weighted by molar-refractivity contribution is 7.92. The van der Waals surface area contributed by atoms with E-state index in [9.17, 15) is 22.0 Å². The number of methoxy groups -OCH3 is 1. The van der Waals surface area contributed by atoms with Gasteiger partial charge in [0, 0.05) is 31.1 Å². The quantitative estimate of drug-likeness (QED) is 0.525. The molecular weight excluding hydrogens is 492 g/mol. The average Bonchev–Trinajstić information content (AvgIpc) is 3.24. The van der Waals surface area contributed by atoms with Crippen molar-refractivity contribution in [1.29, 1.82) is 0 Å². The fourth-order valence-corrected chi connectivity index (χ4v) is 5.60. The monoisotopic (exact) mass is 511 g/mol. The molecule has 1 aromatic carbocycles. The lowest BCUT2D eigenvalue weighted by atomic mass is 9.89. The van der Waals surface area contributed by atoms with Gasteiger partial charge in [-0.25, -0.2) is 27.2 Å². The number of aromatic nitrogens is 3. The maximum absolute atomic E-state index is 14.9. The number of ether oxygens (including phenoxy) is 1. The summed E-state index contributed by atoms with van der Waals surface area (Å²) in [5.41, 5.74) is 1.10. The number of amides is 1. The van der Waals surface area contributed by atoms with Crippen LogP contribution in [0.5, 0.6) is 5.88 Å². The molecule has 0 aliphatic carbocycles. The topological polar surface area (TPSA) is 115 Å². The smallest absolute Gasteiger partial charge is 0.271 e. The molecule has 9 nitrogen and oxygen atoms in total. The number of hydrogen-bond donors (Lipinski definition) is 2. The summed E-state index contributed by atoms with van der Waals surface area (Å²) in [5.74, 6) is -2.49. The van der Waals surface area contributed by atoms with Crippen LogP contribution in [0, 0.1) is 11.6 Å². The number of imidazole rings is 1. The minimum absolute atomic E-state index is 0.0770. The minimum atomic E-state index is -4.36. The van der Waals surface area contributed by atoms with Crippen LogP contribution < -0.4 is 14.8 Å². The van der Waals surface area contributed by atoms with Crippen molar-refractivity contribution in [2.24, 2.45) is 0 Å². The SMILES string of the molecule is CNC(=O)c1ncn2c1CCC(c1c(F)ccc(NS(=O)(=O)c3cc(F)cnc3OC)c1Cl)C2. The van der Waals surface area contributed by atoms with Crippen molar-refractivity contribution in [3.05, 3.63) is 64.3 Å². The summed E-state index contributed by atoms with van der Waals surface area (Å²) in [6.45, 7) is 0.299. The zero-order chi connectivity index (χ0) is 24.6. The molecule has 3 aromatic rings. The van der Waals surface area contributed by atoms with E-state index in [-0.39, 0.29) is 28.1 Å². The van der Waals surface area contributed by atoms with Crippen LogP contribution in [0.15, 0.2) is 35.6 Å². The molecular formula is C21H20ClF2N5O4S. The van der Waals surface area contributed by atoms with Crippen LogP contribution >= 0.6 is 11.6 Å². The number of nitrogens with one attached hydrogen (secondary N) is 2. The summed E-state index contributed by atoms with van der Waals surface area (Å²) in [5, 5.41) is 2.42. The predicted molar refractivity (Wildman–Crippen MR) is 120 cm³/mol. The lowest BCUT2D eigenvalue weighted by molar-refractivity contribution is 0.0957. The van der Waals surface area contributed by atoms with Gasteiger partial charge in [-0.15, -0.1) is 0 Å². The Kier molecular flexibility index (Phi) is 6.45. The Morgan fingerprint density at radius 2 is 2.06 bits per heavy atom. The highest BCUT2D eigenvalue weighted by Crippen LogP contribution is 2.40. The molecule has 1 unspecified atom stereocenters. The third-order valence-electron chi connectivity index (χ3n) is 5.58. The van der Waals surface area contributed by atoms with Gasteiger partial charge in [-0.2, -0.15) is 0 Å². The van der Waals surface area contributed by atoms with Crippen LogP contribution in [0.25, 0.3) is 0 Å². The Hall–Kier alpha value is -3.25. The zero-order valence-corrected chi connectivity index (χ0v) is 19.7. The number of sulfonamides is 1. The van der Waals surface area contributed by atoms with E-state index in [1.54, 1.807) is 4.57 Å². The Bertz CT molecular complexity index is 1380. The Balaban J connectivity index is 1.67. The molecule has 2 aromatic heterocycles. The summed E-state index contributed by atoms with van der Waals surface area (Å²) < 4.78 is 63.3. The molecule has 3 heterocycles. The third-order valence-corrected chi connectivity index (χ3v) is 7.35. The first-order valence-electron chi connectivity index (χ1n) is 10.1. The summed E-state index contributed by atoms with van der Waals surface area (Å²) >= 11 is 6.47. The van der Waals surface area contributed by atoms with Crippen molar-refractivity contribution in [3.63, 3.8) is 0 Å². The molecule has 1 aliphatic rings. The second kappa shape index (κ2) is 9.18. The van der Waals surface area contributed by atoms with E-state index >= 15 is 0 Å². The summed E-state index contributed by atoms with van der Waals surface area (Å²) in [6, 6.07) is 3.06. The number of anilines is 1. The van der Waals surface area contributed by atoms with E-state index in [1.165, 1.54) is 26.6 Å². The van der Waals surface area contributed by atoms with Gasteiger partial charge in [-0.05, 0) is 25.0 Å². The minimum Gasteiger partial charge on any atom is -0.480 e. The first kappa shape index (κ1) is 23.9. The molecule has 4 rings (SSSR count). The molecule has 0 saturated heterocycles. The van der Waals surface area contributed by atoms with Crippen LogP contribution in [0.3, 0.4) is 0 Å². The van der Waals surface area contributed by atoms with E-state index in [2.05, 4.69) is 20.0 Å². The Morgan fingerprint density at radius 3 is 2.76 bits per heavy atom. The molecule has 1 amide bonds. The molecule has 0 bridgehead atoms. The molecule has 180 valence electrons. The number of carbonyl (C=O) groups is 1. The third kappa shape index (κ3) is 4.30. The summed E-state index contributed by atoms with van der Waals surface area (Å²) in [4.78, 5) is 19.2. The highest BCUT2D eigenvalue weighted by Gasteiger charge is 2.30. The molecule has 1 atom stereocenters. The van der Waals surface area contributed by atoms with Gasteiger partial charge >= 0.3 is 0 Å². The summed E-state index contributed by atoms with van der Waals surface area (Å²) in [7, 11) is -1.65. The standard InChI is InChI=1S/C21H20ClF2N5O4S/c1-25-20(30)19-15-6-3-11(9-29(15)10-27-19)17-13(24)4-5-14(18(17)22)28-34(31,32)16-7-12(23)8-26-21(16)33-2/h4-5,7-8,10-11,28H,3,6,9H2,1-2H3,(H,25,30). The number of fused-ring (bicyclic) bond motifs is 1. The van der Waals surface area contributed by atoms with Gasteiger partial charge < -0.3 is 14.6 Å². The van der Waals surface area contributed by atoms with Gasteiger partial charge in [-0.1, -0.05) is 11.6 Å². The molecule has 0 spiro atoms. The highest BCUT2D eigenvalue weighted by atomic mass is 35.5. The predicted octanol–water partition coefficient (Wildman–Crippen LogP) is 3.11. The maximum atomic E-state index is 14.9. The van der Waals surface area contributed by atoms with Gasteiger partial charge in [0.25, 0.3) is 15.9 Å². The zero-order valence-electron chi connectivity index (χ0n) is 18.1. The number of pyridine rings is 1. The van der Waals surface area contributed by atoms with E-state index in [0.717, 1.165) is 24.0 Å². The number of nitrogens with zero attached hydrogens (tertiary/aromatic N) is 3. The van der Waals surface area contributed by atoms with E-state index in [1.807, 2.05) is 0 Å². The number of carbonyl (C=O) groups excluding carboxylic acids is 1. The van der Waals surface area contributed by atoms with Gasteiger partial charge in [0.1, 0.15) is 17.3 Å². The number of hydrogen-bond acceptors (Lipinski definition) is 6. The summed E-state index contributed by atoms with van der Waals surface area (Å²) in [6.07, 6.45) is 3.24. The first-order chi connectivity index (χ1) is 16.2. The van der Waals surface area contributed by atoms with Crippen molar-refractivity contribution >= 4 is 33.2 Å². The van der Waals surface area contributed by atoms with Gasteiger partial charge in [-0.3, -0.25) is 9.52 Å². The molecule has 0 fully saturated rings. The molecule has 34 heavy (non-hydrogen) atoms. The maximum Gasteiger partial charge on any atom is 0.271 e. The molecule has 1 aliphatic heterocycles. The molecule has 2 N–H and O–H groups in total. The Labute approximate surface area is 199 Å². The second-order valence-corrected chi connectivity index (χ2v) is 9.62. The van der Waals surface area contributed by atoms with E-state index < -0.39 is 32.5 Å². The van der Waals surface area contributed by atoms with E-state index in [0.29, 0.717) is 25.1 Å². The van der Waals surface area contributed by atoms with Crippen molar-refractivity contribution in [2.75, 3.05) is 18.9 Å². The van der Waals surface area contributed by atoms with Crippen molar-refractivity contribution in [3.8, 4) is 5.88 Å². The van der Waals surface area contributed by atoms with Crippen molar-refractivity contribution in [2.45, 2.75) is 30.2 Å². The van der Waals surface area contributed by atoms with E-state index in [4.69, 9.17) is 16.3 Å². The van der Waals surface area contributed by atoms with Crippen LogP contribution in [-0.2, 0) is 23.0 Å². The lowest BCUT2D eigenvalue weighted by Crippen LogP contribution is -2.24. The fraction of sp³-hybridized carbons (Fsp3) is 0.286.